The van der Waals surface area contributed by atoms with E-state index in [0.29, 0.717) is 38.8 Å². The van der Waals surface area contributed by atoms with Crippen LogP contribution in [-0.2, 0) is 52.8 Å². The van der Waals surface area contributed by atoms with Crippen LogP contribution in [-0.4, -0.2) is 101 Å². The minimum Gasteiger partial charge on any atom is -0.464 e. The fourth-order valence-corrected chi connectivity index (χ4v) is 9.44. The van der Waals surface area contributed by atoms with Crippen LogP contribution >= 0.6 is 0 Å². The van der Waals surface area contributed by atoms with Gasteiger partial charge in [0.25, 0.3) is 5.91 Å². The van der Waals surface area contributed by atoms with Crippen molar-refractivity contribution >= 4 is 40.5 Å². The smallest absolute Gasteiger partial charge is 0.324 e. The number of hydrogen-bond acceptors (Lipinski definition) is 9. The zero-order valence-electron chi connectivity index (χ0n) is 38.4. The van der Waals surface area contributed by atoms with Crippen LogP contribution in [0.5, 0.6) is 0 Å². The van der Waals surface area contributed by atoms with Crippen LogP contribution in [0.4, 0.5) is 0 Å². The first-order valence-electron chi connectivity index (χ1n) is 22.5. The fraction of sp³-hybridized carbons (Fsp3) is 0.480. The molecule has 340 valence electrons. The van der Waals surface area contributed by atoms with Gasteiger partial charge in [-0.1, -0.05) is 64.6 Å². The van der Waals surface area contributed by atoms with Crippen LogP contribution in [0.1, 0.15) is 83.7 Å². The van der Waals surface area contributed by atoms with Gasteiger partial charge in [0, 0.05) is 67.8 Å². The van der Waals surface area contributed by atoms with E-state index in [0.717, 1.165) is 50.1 Å². The lowest BCUT2D eigenvalue weighted by Crippen LogP contribution is -2.62. The molecule has 14 nitrogen and oxygen atoms in total. The van der Waals surface area contributed by atoms with Gasteiger partial charge in [-0.25, -0.2) is 5.43 Å². The summed E-state index contributed by atoms with van der Waals surface area (Å²) >= 11 is 0. The van der Waals surface area contributed by atoms with E-state index in [9.17, 15) is 24.0 Å². The highest BCUT2D eigenvalue weighted by molar-refractivity contribution is 5.96. The number of pyridine rings is 1. The molecule has 4 heterocycles. The average Bonchev–Trinajstić information content (AvgIpc) is 3.99. The molecule has 1 unspecified atom stereocenters. The highest BCUT2D eigenvalue weighted by Gasteiger charge is 2.47. The summed E-state index contributed by atoms with van der Waals surface area (Å²) in [6.45, 7) is 16.7. The summed E-state index contributed by atoms with van der Waals surface area (Å²) in [5, 5.41) is 8.31. The first-order chi connectivity index (χ1) is 30.5. The predicted octanol–water partition coefficient (Wildman–Crippen LogP) is 5.92. The number of ether oxygens (including phenoxy) is 2. The van der Waals surface area contributed by atoms with E-state index in [1.54, 1.807) is 20.4 Å². The predicted molar refractivity (Wildman–Crippen MR) is 245 cm³/mol. The standard InChI is InChI=1S/C50H63N7O7/c1-10-42(58)52-39-26-36(39)47(60)55(8)44(29(3)4)46(59)53-40-24-31-15-12-16-32(23-31)33-19-20-41-35(25-33)37(45(56(41)11-2)34-17-13-21-51-43(34)30(5)63-9)27-50(6,7)28-64-49(62)38-18-14-22-57(54-38)48(40)61/h10,12-13,15-17,19-21,23,25,29-30,36,38-40,44,54H,1,11,14,18,22,24,26-28H2,2-9H3,(H,52,58)(H,53,59)/t30-,36-,38-,39+,40-,44?/m0/s1. The number of amides is 4. The van der Waals surface area contributed by atoms with E-state index in [4.69, 9.17) is 14.5 Å². The first kappa shape index (κ1) is 46.1. The molecular weight excluding hydrogens is 811 g/mol. The van der Waals surface area contributed by atoms with Crippen molar-refractivity contribution in [1.29, 1.82) is 0 Å². The Hall–Kier alpha value is -5.86. The minimum atomic E-state index is -1.05. The largest absolute Gasteiger partial charge is 0.464 e. The Morgan fingerprint density at radius 3 is 2.56 bits per heavy atom. The number of nitrogens with one attached hydrogen (secondary N) is 3. The Labute approximate surface area is 376 Å². The van der Waals surface area contributed by atoms with Gasteiger partial charge in [-0.2, -0.15) is 0 Å². The number of cyclic esters (lactones) is 1. The van der Waals surface area contributed by atoms with Crippen molar-refractivity contribution in [3.05, 3.63) is 90.3 Å². The molecule has 2 aromatic heterocycles. The highest BCUT2D eigenvalue weighted by Crippen LogP contribution is 2.42. The average molecular weight is 874 g/mol. The topological polar surface area (TPSA) is 164 Å². The number of esters is 1. The van der Waals surface area contributed by atoms with Crippen molar-refractivity contribution in [2.75, 3.05) is 27.3 Å². The van der Waals surface area contributed by atoms with Crippen LogP contribution < -0.4 is 16.1 Å². The van der Waals surface area contributed by atoms with Gasteiger partial charge < -0.3 is 29.6 Å². The van der Waals surface area contributed by atoms with Crippen LogP contribution in [0.3, 0.4) is 0 Å². The molecule has 0 spiro atoms. The normalized spacial score (nSPS) is 21.9. The van der Waals surface area contributed by atoms with E-state index in [1.807, 2.05) is 45.0 Å². The van der Waals surface area contributed by atoms with Crippen molar-refractivity contribution < 1.29 is 33.4 Å². The maximum absolute atomic E-state index is 14.6. The lowest BCUT2D eigenvalue weighted by molar-refractivity contribution is -0.155. The van der Waals surface area contributed by atoms with Crippen LogP contribution in [0.2, 0.25) is 0 Å². The summed E-state index contributed by atoms with van der Waals surface area (Å²) in [7, 11) is 3.28. The van der Waals surface area contributed by atoms with E-state index in [-0.39, 0.29) is 42.9 Å². The Kier molecular flexibility index (Phi) is 13.8. The molecule has 4 aromatic rings. The van der Waals surface area contributed by atoms with Gasteiger partial charge in [-0.3, -0.25) is 34.0 Å². The molecule has 14 heteroatoms. The third kappa shape index (κ3) is 9.63. The first-order valence-corrected chi connectivity index (χ1v) is 22.5. The second-order valence-electron chi connectivity index (χ2n) is 18.6. The number of hydrogen-bond donors (Lipinski definition) is 3. The van der Waals surface area contributed by atoms with Gasteiger partial charge in [-0.05, 0) is 98.0 Å². The number of methoxy groups -OCH3 is 1. The fourth-order valence-electron chi connectivity index (χ4n) is 9.44. The van der Waals surface area contributed by atoms with Crippen LogP contribution in [0.15, 0.2) is 73.4 Å². The molecule has 3 N–H and O–H groups in total. The molecule has 3 aliphatic rings. The van der Waals surface area contributed by atoms with Crippen LogP contribution in [0, 0.1) is 17.3 Å². The summed E-state index contributed by atoms with van der Waals surface area (Å²) in [5.41, 5.74) is 10.4. The molecule has 6 atom stereocenters. The quantitative estimate of drug-likeness (QED) is 0.123. The molecule has 64 heavy (non-hydrogen) atoms. The van der Waals surface area contributed by atoms with Gasteiger partial charge in [0.15, 0.2) is 0 Å². The number of hydrazine groups is 1. The number of carbonyl (C=O) groups is 5. The van der Waals surface area contributed by atoms with E-state index < -0.39 is 47.2 Å². The molecule has 0 radical (unpaired) electrons. The minimum absolute atomic E-state index is 0.135. The Bertz CT molecular complexity index is 2440. The summed E-state index contributed by atoms with van der Waals surface area (Å²) in [4.78, 5) is 74.7. The maximum atomic E-state index is 14.6. The van der Waals surface area contributed by atoms with Crippen molar-refractivity contribution in [2.45, 2.75) is 110 Å². The maximum Gasteiger partial charge on any atom is 0.324 e. The molecule has 1 saturated carbocycles. The number of likely N-dealkylation sites (N-methyl/N-ethyl adjacent to an activating group) is 1. The number of nitrogens with zero attached hydrogens (tertiary/aromatic N) is 4. The second-order valence-corrected chi connectivity index (χ2v) is 18.6. The number of aryl methyl sites for hydroxylation is 1. The summed E-state index contributed by atoms with van der Waals surface area (Å²) < 4.78 is 14.3. The Morgan fingerprint density at radius 1 is 1.08 bits per heavy atom. The molecule has 2 aromatic carbocycles. The van der Waals surface area contributed by atoms with Crippen molar-refractivity contribution in [3.8, 4) is 22.4 Å². The molecule has 7 rings (SSSR count). The third-order valence-electron chi connectivity index (χ3n) is 12.9. The number of fused-ring (bicyclic) bond motifs is 6. The van der Waals surface area contributed by atoms with Gasteiger partial charge in [0.1, 0.15) is 18.1 Å². The summed E-state index contributed by atoms with van der Waals surface area (Å²) in [6.07, 6.45) is 4.92. The summed E-state index contributed by atoms with van der Waals surface area (Å²) in [5.74, 6) is -2.72. The zero-order valence-corrected chi connectivity index (χ0v) is 38.4. The molecule has 2 fully saturated rings. The number of aromatic nitrogens is 2. The second kappa shape index (κ2) is 19.1. The number of rotatable bonds is 11. The van der Waals surface area contributed by atoms with Gasteiger partial charge >= 0.3 is 5.97 Å². The summed E-state index contributed by atoms with van der Waals surface area (Å²) in [6, 6.07) is 15.5. The molecule has 1 saturated heterocycles. The van der Waals surface area contributed by atoms with Gasteiger partial charge in [0.2, 0.25) is 17.7 Å². The molecule has 4 amide bonds. The van der Waals surface area contributed by atoms with Crippen molar-refractivity contribution in [1.82, 2.24) is 35.5 Å². The van der Waals surface area contributed by atoms with Crippen molar-refractivity contribution in [3.63, 3.8) is 0 Å². The van der Waals surface area contributed by atoms with E-state index >= 15 is 0 Å². The van der Waals surface area contributed by atoms with E-state index in [1.165, 1.54) is 16.0 Å². The van der Waals surface area contributed by atoms with Crippen LogP contribution in [0.25, 0.3) is 33.3 Å². The lowest BCUT2D eigenvalue weighted by atomic mass is 9.84. The Balaban J connectivity index is 1.29. The van der Waals surface area contributed by atoms with Gasteiger partial charge in [-0.15, -0.1) is 0 Å². The molecular formula is C50H63N7O7. The monoisotopic (exact) mass is 873 g/mol. The molecule has 6 bridgehead atoms. The highest BCUT2D eigenvalue weighted by atomic mass is 16.5. The van der Waals surface area contributed by atoms with E-state index in [2.05, 4.69) is 78.3 Å². The zero-order chi connectivity index (χ0) is 46.0. The number of benzene rings is 2. The molecule has 2 aliphatic heterocycles. The Morgan fingerprint density at radius 2 is 1.84 bits per heavy atom. The third-order valence-corrected chi connectivity index (χ3v) is 12.9. The number of carbonyl (C=O) groups excluding carboxylic acids is 5. The lowest BCUT2D eigenvalue weighted by Gasteiger charge is -2.36. The SMILES string of the molecule is C=CC(=O)N[C@@H]1C[C@@H]1C(=O)N(C)C(C(=O)N[C@H]1Cc2cccc(c2)-c2ccc3c(c2)c(c(-c2cccnc2[C@H](C)OC)n3CC)CC(C)(C)COC(=O)[C@@H]2CCCN(N2)C1=O)C(C)C. The van der Waals surface area contributed by atoms with Crippen molar-refractivity contribution in [2.24, 2.45) is 17.3 Å². The molecule has 1 aliphatic carbocycles. The van der Waals surface area contributed by atoms with Gasteiger partial charge in [0.05, 0.1) is 30.0 Å².